The molecule has 1 saturated carbocycles. The summed E-state index contributed by atoms with van der Waals surface area (Å²) in [6, 6.07) is 3.29. The maximum absolute atomic E-state index is 12.7. The number of nitrogens with two attached hydrogens (primary N) is 1. The van der Waals surface area contributed by atoms with Crippen LogP contribution in [0.3, 0.4) is 0 Å². The van der Waals surface area contributed by atoms with Crippen molar-refractivity contribution in [1.29, 1.82) is 0 Å². The number of carbonyl (C=O) groups is 1. The van der Waals surface area contributed by atoms with Crippen molar-refractivity contribution in [1.82, 2.24) is 5.32 Å². The lowest BCUT2D eigenvalue weighted by molar-refractivity contribution is -0.136. The second kappa shape index (κ2) is 6.34. The van der Waals surface area contributed by atoms with Crippen LogP contribution in [-0.2, 0) is 10.9 Å². The van der Waals surface area contributed by atoms with Crippen LogP contribution in [0, 0.1) is 5.92 Å². The minimum Gasteiger partial charge on any atom is -0.398 e. The third-order valence-electron chi connectivity index (χ3n) is 3.24. The molecule has 0 spiro atoms. The highest BCUT2D eigenvalue weighted by molar-refractivity contribution is 5.99. The monoisotopic (exact) mass is 302 g/mol. The van der Waals surface area contributed by atoms with Crippen LogP contribution >= 0.6 is 0 Å². The summed E-state index contributed by atoms with van der Waals surface area (Å²) in [6.45, 7) is 1.24. The average molecular weight is 302 g/mol. The van der Waals surface area contributed by atoms with E-state index in [9.17, 15) is 18.0 Å². The Morgan fingerprint density at radius 1 is 1.38 bits per heavy atom. The fraction of sp³-hybridized carbons (Fsp3) is 0.500. The topological polar surface area (TPSA) is 64.4 Å². The van der Waals surface area contributed by atoms with E-state index in [2.05, 4.69) is 5.32 Å². The molecule has 1 amide bonds. The lowest BCUT2D eigenvalue weighted by Gasteiger charge is -2.13. The Morgan fingerprint density at radius 3 is 2.71 bits per heavy atom. The molecule has 0 heterocycles. The maximum Gasteiger partial charge on any atom is 0.418 e. The van der Waals surface area contributed by atoms with E-state index in [1.54, 1.807) is 0 Å². The molecule has 0 unspecified atom stereocenters. The molecule has 0 radical (unpaired) electrons. The molecule has 7 heteroatoms. The first-order chi connectivity index (χ1) is 9.89. The molecule has 0 aromatic heterocycles. The fourth-order valence-corrected chi connectivity index (χ4v) is 1.88. The first-order valence-electron chi connectivity index (χ1n) is 6.71. The van der Waals surface area contributed by atoms with Gasteiger partial charge in [-0.25, -0.2) is 0 Å². The Morgan fingerprint density at radius 2 is 2.10 bits per heavy atom. The predicted molar refractivity (Wildman–Crippen MR) is 71.7 cm³/mol. The standard InChI is InChI=1S/C14H17F3N2O2/c15-14(16,17)11-3-1-2-10(12(11)18)13(20)19-6-7-21-8-9-4-5-9/h1-3,9H,4-8,18H2,(H,19,20). The molecule has 21 heavy (non-hydrogen) atoms. The minimum absolute atomic E-state index is 0.174. The zero-order valence-corrected chi connectivity index (χ0v) is 11.4. The number of ether oxygens (including phenoxy) is 1. The Kier molecular flexibility index (Phi) is 4.72. The summed E-state index contributed by atoms with van der Waals surface area (Å²) in [7, 11) is 0. The molecule has 2 rings (SSSR count). The molecule has 0 saturated heterocycles. The van der Waals surface area contributed by atoms with Gasteiger partial charge in [0, 0.05) is 13.2 Å². The van der Waals surface area contributed by atoms with Crippen LogP contribution < -0.4 is 11.1 Å². The van der Waals surface area contributed by atoms with Crippen LogP contribution in [0.5, 0.6) is 0 Å². The van der Waals surface area contributed by atoms with Crippen LogP contribution in [0.15, 0.2) is 18.2 Å². The van der Waals surface area contributed by atoms with E-state index < -0.39 is 23.3 Å². The highest BCUT2D eigenvalue weighted by Gasteiger charge is 2.34. The molecule has 116 valence electrons. The van der Waals surface area contributed by atoms with Crippen LogP contribution in [0.2, 0.25) is 0 Å². The van der Waals surface area contributed by atoms with Crippen LogP contribution in [0.1, 0.15) is 28.8 Å². The van der Waals surface area contributed by atoms with Crippen molar-refractivity contribution in [2.75, 3.05) is 25.5 Å². The van der Waals surface area contributed by atoms with E-state index in [4.69, 9.17) is 10.5 Å². The summed E-state index contributed by atoms with van der Waals surface area (Å²) >= 11 is 0. The number of nitrogen functional groups attached to an aromatic ring is 1. The van der Waals surface area contributed by atoms with Crippen molar-refractivity contribution >= 4 is 11.6 Å². The van der Waals surface area contributed by atoms with Gasteiger partial charge in [-0.15, -0.1) is 0 Å². The summed E-state index contributed by atoms with van der Waals surface area (Å²) in [4.78, 5) is 11.8. The minimum atomic E-state index is -4.58. The highest BCUT2D eigenvalue weighted by atomic mass is 19.4. The molecule has 4 nitrogen and oxygen atoms in total. The first-order valence-corrected chi connectivity index (χ1v) is 6.71. The summed E-state index contributed by atoms with van der Waals surface area (Å²) in [5.74, 6) is -0.00608. The van der Waals surface area contributed by atoms with Crippen LogP contribution in [-0.4, -0.2) is 25.7 Å². The number of hydrogen-bond acceptors (Lipinski definition) is 3. The number of alkyl halides is 3. The second-order valence-electron chi connectivity index (χ2n) is 5.04. The van der Waals surface area contributed by atoms with E-state index in [-0.39, 0.29) is 12.1 Å². The summed E-state index contributed by atoms with van der Waals surface area (Å²) in [5.41, 5.74) is 3.71. The number of carbonyl (C=O) groups excluding carboxylic acids is 1. The number of halogens is 3. The Hall–Kier alpha value is -1.76. The van der Waals surface area contributed by atoms with Crippen molar-refractivity contribution in [2.24, 2.45) is 5.92 Å². The first kappa shape index (κ1) is 15.6. The quantitative estimate of drug-likeness (QED) is 0.626. The molecule has 0 aliphatic heterocycles. The highest BCUT2D eigenvalue weighted by Crippen LogP contribution is 2.34. The molecule has 1 aromatic carbocycles. The average Bonchev–Trinajstić information content (AvgIpc) is 3.21. The van der Waals surface area contributed by atoms with Crippen LogP contribution in [0.25, 0.3) is 0 Å². The lowest BCUT2D eigenvalue weighted by atomic mass is 10.1. The van der Waals surface area contributed by atoms with Gasteiger partial charge in [-0.2, -0.15) is 13.2 Å². The number of hydrogen-bond donors (Lipinski definition) is 2. The Bertz CT molecular complexity index is 513. The second-order valence-corrected chi connectivity index (χ2v) is 5.04. The van der Waals surface area contributed by atoms with Crippen molar-refractivity contribution in [3.63, 3.8) is 0 Å². The fourth-order valence-electron chi connectivity index (χ4n) is 1.88. The van der Waals surface area contributed by atoms with Gasteiger partial charge >= 0.3 is 6.18 Å². The normalized spacial score (nSPS) is 15.0. The van der Waals surface area contributed by atoms with Gasteiger partial charge in [0.05, 0.1) is 23.4 Å². The molecule has 0 bridgehead atoms. The molecular formula is C14H17F3N2O2. The van der Waals surface area contributed by atoms with Gasteiger partial charge in [-0.1, -0.05) is 6.07 Å². The zero-order valence-electron chi connectivity index (χ0n) is 11.4. The van der Waals surface area contributed by atoms with Gasteiger partial charge in [0.15, 0.2) is 0 Å². The SMILES string of the molecule is Nc1c(C(=O)NCCOCC2CC2)cccc1C(F)(F)F. The number of anilines is 1. The molecule has 3 N–H and O–H groups in total. The van der Waals surface area contributed by atoms with Crippen molar-refractivity contribution in [3.8, 4) is 0 Å². The summed E-state index contributed by atoms with van der Waals surface area (Å²) < 4.78 is 43.4. The van der Waals surface area contributed by atoms with Crippen LogP contribution in [0.4, 0.5) is 18.9 Å². The van der Waals surface area contributed by atoms with Crippen molar-refractivity contribution in [3.05, 3.63) is 29.3 Å². The van der Waals surface area contributed by atoms with E-state index in [1.807, 2.05) is 0 Å². The molecule has 0 atom stereocenters. The smallest absolute Gasteiger partial charge is 0.398 e. The van der Waals surface area contributed by atoms with E-state index in [0.717, 1.165) is 12.1 Å². The number of amides is 1. The number of rotatable bonds is 6. The Labute approximate surface area is 120 Å². The van der Waals surface area contributed by atoms with Gasteiger partial charge in [-0.05, 0) is 30.9 Å². The molecule has 1 fully saturated rings. The van der Waals surface area contributed by atoms with Crippen molar-refractivity contribution in [2.45, 2.75) is 19.0 Å². The zero-order chi connectivity index (χ0) is 15.5. The van der Waals surface area contributed by atoms with Gasteiger partial charge in [0.25, 0.3) is 5.91 Å². The Balaban J connectivity index is 1.89. The van der Waals surface area contributed by atoms with Gasteiger partial charge < -0.3 is 15.8 Å². The van der Waals surface area contributed by atoms with Gasteiger partial charge in [-0.3, -0.25) is 4.79 Å². The third kappa shape index (κ3) is 4.35. The van der Waals surface area contributed by atoms with E-state index in [0.29, 0.717) is 19.1 Å². The maximum atomic E-state index is 12.7. The van der Waals surface area contributed by atoms with E-state index in [1.165, 1.54) is 18.9 Å². The predicted octanol–water partition coefficient (Wildman–Crippen LogP) is 2.44. The summed E-state index contributed by atoms with van der Waals surface area (Å²) in [5, 5.41) is 2.50. The molecular weight excluding hydrogens is 285 g/mol. The van der Waals surface area contributed by atoms with E-state index >= 15 is 0 Å². The lowest BCUT2D eigenvalue weighted by Crippen LogP contribution is -2.28. The molecule has 1 aromatic rings. The van der Waals surface area contributed by atoms with Gasteiger partial charge in [0.1, 0.15) is 0 Å². The van der Waals surface area contributed by atoms with Crippen molar-refractivity contribution < 1.29 is 22.7 Å². The third-order valence-corrected chi connectivity index (χ3v) is 3.24. The number of benzene rings is 1. The number of para-hydroxylation sites is 1. The largest absolute Gasteiger partial charge is 0.418 e. The molecule has 1 aliphatic rings. The molecule has 1 aliphatic carbocycles. The number of nitrogens with one attached hydrogen (secondary N) is 1. The summed E-state index contributed by atoms with van der Waals surface area (Å²) in [6.07, 6.45) is -2.23. The van der Waals surface area contributed by atoms with Gasteiger partial charge in [0.2, 0.25) is 0 Å².